The van der Waals surface area contributed by atoms with Crippen LogP contribution in [-0.4, -0.2) is 56.6 Å². The van der Waals surface area contributed by atoms with Crippen molar-refractivity contribution in [1.29, 1.82) is 0 Å². The minimum atomic E-state index is -4.36. The standard InChI is InChI=1S/C12H20N2O7S2.ClH/c13-9(7-3-5-22(18,19)6-4-7)11(15)14-23(20,21)10(12(16)17)8-1-2-8;/h7-10H,1-6,13H2,(H,14,15)(H,16,17);1H. The predicted molar refractivity (Wildman–Crippen MR) is 87.8 cm³/mol. The van der Waals surface area contributed by atoms with Crippen molar-refractivity contribution in [3.05, 3.63) is 0 Å². The first-order valence-corrected chi connectivity index (χ1v) is 10.6. The van der Waals surface area contributed by atoms with E-state index in [1.807, 2.05) is 0 Å². The van der Waals surface area contributed by atoms with Crippen LogP contribution in [0.4, 0.5) is 0 Å². The van der Waals surface area contributed by atoms with Crippen LogP contribution in [0.5, 0.6) is 0 Å². The van der Waals surface area contributed by atoms with Crippen LogP contribution in [0.1, 0.15) is 25.7 Å². The van der Waals surface area contributed by atoms with Gasteiger partial charge in [0, 0.05) is 0 Å². The van der Waals surface area contributed by atoms with Crippen LogP contribution in [0.2, 0.25) is 0 Å². The summed E-state index contributed by atoms with van der Waals surface area (Å²) in [6.07, 6.45) is 1.33. The first-order valence-electron chi connectivity index (χ1n) is 7.28. The van der Waals surface area contributed by atoms with Crippen LogP contribution in [0.25, 0.3) is 0 Å². The zero-order chi connectivity index (χ0) is 17.4. The number of rotatable bonds is 6. The van der Waals surface area contributed by atoms with Crippen molar-refractivity contribution in [3.63, 3.8) is 0 Å². The van der Waals surface area contributed by atoms with Crippen LogP contribution in [-0.2, 0) is 29.4 Å². The van der Waals surface area contributed by atoms with E-state index in [2.05, 4.69) is 0 Å². The van der Waals surface area contributed by atoms with Crippen molar-refractivity contribution in [2.75, 3.05) is 11.5 Å². The lowest BCUT2D eigenvalue weighted by molar-refractivity contribution is -0.136. The number of hydrogen-bond donors (Lipinski definition) is 3. The molecule has 0 bridgehead atoms. The van der Waals surface area contributed by atoms with Crippen molar-refractivity contribution >= 4 is 44.1 Å². The van der Waals surface area contributed by atoms with Crippen molar-refractivity contribution < 1.29 is 31.5 Å². The van der Waals surface area contributed by atoms with Crippen LogP contribution < -0.4 is 10.5 Å². The summed E-state index contributed by atoms with van der Waals surface area (Å²) in [6.45, 7) is 0. The average molecular weight is 405 g/mol. The predicted octanol–water partition coefficient (Wildman–Crippen LogP) is -1.13. The number of carbonyl (C=O) groups is 2. The van der Waals surface area contributed by atoms with E-state index in [1.54, 1.807) is 4.72 Å². The lowest BCUT2D eigenvalue weighted by Gasteiger charge is -2.27. The smallest absolute Gasteiger partial charge is 0.324 e. The van der Waals surface area contributed by atoms with Gasteiger partial charge >= 0.3 is 5.97 Å². The Balaban J connectivity index is 0.00000288. The molecule has 0 aromatic carbocycles. The Morgan fingerprint density at radius 1 is 1.08 bits per heavy atom. The molecule has 1 saturated heterocycles. The van der Waals surface area contributed by atoms with E-state index < -0.39 is 54.9 Å². The molecule has 1 amide bonds. The number of amides is 1. The molecule has 1 aliphatic heterocycles. The summed E-state index contributed by atoms with van der Waals surface area (Å²) in [5.74, 6) is -3.60. The van der Waals surface area contributed by atoms with Gasteiger partial charge in [-0.1, -0.05) is 0 Å². The molecule has 1 heterocycles. The molecule has 4 N–H and O–H groups in total. The van der Waals surface area contributed by atoms with Crippen molar-refractivity contribution in [2.45, 2.75) is 37.0 Å². The van der Waals surface area contributed by atoms with Crippen LogP contribution >= 0.6 is 12.4 Å². The fraction of sp³-hybridized carbons (Fsp3) is 0.833. The number of hydrogen-bond acceptors (Lipinski definition) is 7. The number of aliphatic carboxylic acids is 1. The molecule has 2 aliphatic rings. The lowest BCUT2D eigenvalue weighted by Crippen LogP contribution is -2.52. The molecule has 2 fully saturated rings. The Labute approximate surface area is 146 Å². The monoisotopic (exact) mass is 404 g/mol. The highest BCUT2D eigenvalue weighted by atomic mass is 35.5. The van der Waals surface area contributed by atoms with Crippen LogP contribution in [0.3, 0.4) is 0 Å². The summed E-state index contributed by atoms with van der Waals surface area (Å²) in [4.78, 5) is 23.2. The highest BCUT2D eigenvalue weighted by molar-refractivity contribution is 7.91. The molecule has 12 heteroatoms. The molecule has 1 saturated carbocycles. The molecule has 0 aromatic rings. The minimum absolute atomic E-state index is 0. The zero-order valence-electron chi connectivity index (χ0n) is 12.8. The van der Waals surface area contributed by atoms with E-state index in [-0.39, 0.29) is 36.8 Å². The summed E-state index contributed by atoms with van der Waals surface area (Å²) >= 11 is 0. The van der Waals surface area contributed by atoms with Gasteiger partial charge in [-0.3, -0.25) is 14.3 Å². The maximum Gasteiger partial charge on any atom is 0.324 e. The van der Waals surface area contributed by atoms with Gasteiger partial charge in [0.05, 0.1) is 17.5 Å². The fourth-order valence-corrected chi connectivity index (χ4v) is 5.86. The third-order valence-electron chi connectivity index (χ3n) is 4.28. The molecule has 24 heavy (non-hydrogen) atoms. The van der Waals surface area contributed by atoms with E-state index in [0.29, 0.717) is 12.8 Å². The van der Waals surface area contributed by atoms with E-state index >= 15 is 0 Å². The molecule has 0 aromatic heterocycles. The summed E-state index contributed by atoms with van der Waals surface area (Å²) in [7, 11) is -7.48. The van der Waals surface area contributed by atoms with E-state index in [9.17, 15) is 26.4 Å². The van der Waals surface area contributed by atoms with E-state index in [0.717, 1.165) is 0 Å². The van der Waals surface area contributed by atoms with E-state index in [1.165, 1.54) is 0 Å². The van der Waals surface area contributed by atoms with Gasteiger partial charge in [0.25, 0.3) is 5.91 Å². The van der Waals surface area contributed by atoms with Gasteiger partial charge in [-0.05, 0) is 37.5 Å². The molecule has 2 atom stereocenters. The first kappa shape index (κ1) is 21.1. The van der Waals surface area contributed by atoms with Gasteiger partial charge in [0.15, 0.2) is 5.25 Å². The quantitative estimate of drug-likeness (QED) is 0.501. The van der Waals surface area contributed by atoms with Crippen molar-refractivity contribution in [3.8, 4) is 0 Å². The molecular formula is C12H21ClN2O7S2. The van der Waals surface area contributed by atoms with Gasteiger partial charge in [0.1, 0.15) is 9.84 Å². The third kappa shape index (κ3) is 5.04. The molecule has 2 rings (SSSR count). The number of sulfone groups is 1. The Hall–Kier alpha value is -0.910. The number of nitrogens with one attached hydrogen (secondary N) is 1. The summed E-state index contributed by atoms with van der Waals surface area (Å²) < 4.78 is 48.7. The Kier molecular flexibility index (Phi) is 6.64. The SMILES string of the molecule is Cl.NC(C(=O)NS(=O)(=O)C(C(=O)O)C1CC1)C1CCS(=O)(=O)CC1. The van der Waals surface area contributed by atoms with Crippen LogP contribution in [0, 0.1) is 11.8 Å². The largest absolute Gasteiger partial charge is 0.480 e. The second-order valence-corrected chi connectivity index (χ2v) is 10.2. The van der Waals surface area contributed by atoms with Gasteiger partial charge in [-0.15, -0.1) is 12.4 Å². The molecule has 1 aliphatic carbocycles. The Morgan fingerprint density at radius 3 is 2.00 bits per heavy atom. The maximum absolute atomic E-state index is 12.1. The van der Waals surface area contributed by atoms with E-state index in [4.69, 9.17) is 10.8 Å². The van der Waals surface area contributed by atoms with Crippen molar-refractivity contribution in [2.24, 2.45) is 17.6 Å². The zero-order valence-corrected chi connectivity index (χ0v) is 15.2. The molecule has 9 nitrogen and oxygen atoms in total. The summed E-state index contributed by atoms with van der Waals surface area (Å²) in [5.41, 5.74) is 5.74. The summed E-state index contributed by atoms with van der Waals surface area (Å²) in [6, 6.07) is -1.19. The number of sulfonamides is 1. The molecule has 2 unspecified atom stereocenters. The van der Waals surface area contributed by atoms with Gasteiger partial charge in [0.2, 0.25) is 10.0 Å². The molecular weight excluding hydrogens is 384 g/mol. The topological polar surface area (TPSA) is 161 Å². The fourth-order valence-electron chi connectivity index (χ4n) is 2.74. The second-order valence-electron chi connectivity index (χ2n) is 6.12. The van der Waals surface area contributed by atoms with Gasteiger partial charge in [-0.2, -0.15) is 0 Å². The number of carboxylic acids is 1. The molecule has 140 valence electrons. The number of carboxylic acid groups (broad SMARTS) is 1. The summed E-state index contributed by atoms with van der Waals surface area (Å²) in [5, 5.41) is 7.39. The van der Waals surface area contributed by atoms with Crippen LogP contribution in [0.15, 0.2) is 0 Å². The second kappa shape index (κ2) is 7.54. The first-order chi connectivity index (χ1) is 10.5. The van der Waals surface area contributed by atoms with Crippen molar-refractivity contribution in [1.82, 2.24) is 4.72 Å². The number of carbonyl (C=O) groups excluding carboxylic acids is 1. The number of nitrogens with two attached hydrogens (primary N) is 1. The third-order valence-corrected chi connectivity index (χ3v) is 7.74. The Morgan fingerprint density at radius 2 is 1.58 bits per heavy atom. The van der Waals surface area contributed by atoms with Gasteiger partial charge < -0.3 is 10.8 Å². The molecule has 0 spiro atoms. The Bertz CT molecular complexity index is 689. The lowest BCUT2D eigenvalue weighted by atomic mass is 9.94. The maximum atomic E-state index is 12.1. The average Bonchev–Trinajstić information content (AvgIpc) is 3.21. The molecule has 0 radical (unpaired) electrons. The van der Waals surface area contributed by atoms with Gasteiger partial charge in [-0.25, -0.2) is 16.8 Å². The highest BCUT2D eigenvalue weighted by Crippen LogP contribution is 2.36. The number of halogens is 1. The normalized spacial score (nSPS) is 23.5. The minimum Gasteiger partial charge on any atom is -0.480 e. The highest BCUT2D eigenvalue weighted by Gasteiger charge is 2.46.